The summed E-state index contributed by atoms with van der Waals surface area (Å²) in [5.41, 5.74) is 7.16. The molecule has 0 aliphatic carbocycles. The maximum absolute atomic E-state index is 13.8. The maximum Gasteiger partial charge on any atom is 0.332 e. The summed E-state index contributed by atoms with van der Waals surface area (Å²) in [5.74, 6) is 1.39. The molecule has 35 heavy (non-hydrogen) atoms. The van der Waals surface area contributed by atoms with Crippen molar-refractivity contribution in [3.63, 3.8) is 0 Å². The lowest BCUT2D eigenvalue weighted by molar-refractivity contribution is 0.248. The van der Waals surface area contributed by atoms with E-state index in [1.54, 1.807) is 7.05 Å². The van der Waals surface area contributed by atoms with Gasteiger partial charge in [-0.3, -0.25) is 18.9 Å². The average Bonchev–Trinajstić information content (AvgIpc) is 3.17. The van der Waals surface area contributed by atoms with Gasteiger partial charge < -0.3 is 19.9 Å². The highest BCUT2D eigenvalue weighted by Gasteiger charge is 2.28. The highest BCUT2D eigenvalue weighted by atomic mass is 16.5. The molecule has 2 aromatic heterocycles. The zero-order valence-electron chi connectivity index (χ0n) is 20.8. The molecule has 1 saturated heterocycles. The SMILES string of the molecule is CCn1c(N2CCCC(N)C2)nc2c1c(=O)n(CC1=NC(C)(C)COc3ccccc31)c(=O)n2C. The van der Waals surface area contributed by atoms with Crippen molar-refractivity contribution in [1.29, 1.82) is 0 Å². The van der Waals surface area contributed by atoms with Gasteiger partial charge >= 0.3 is 5.69 Å². The van der Waals surface area contributed by atoms with Crippen LogP contribution < -0.4 is 26.6 Å². The topological polar surface area (TPSA) is 113 Å². The Morgan fingerprint density at radius 3 is 2.71 bits per heavy atom. The molecule has 186 valence electrons. The molecule has 0 radical (unpaired) electrons. The summed E-state index contributed by atoms with van der Waals surface area (Å²) in [6.45, 7) is 8.43. The van der Waals surface area contributed by atoms with E-state index >= 15 is 0 Å². The number of para-hydroxylation sites is 1. The molecule has 4 heterocycles. The average molecular weight is 480 g/mol. The van der Waals surface area contributed by atoms with Crippen LogP contribution in [0.1, 0.15) is 39.2 Å². The molecular formula is C25H33N7O3. The summed E-state index contributed by atoms with van der Waals surface area (Å²) >= 11 is 0. The molecular weight excluding hydrogens is 446 g/mol. The molecule has 0 spiro atoms. The number of fused-ring (bicyclic) bond motifs is 2. The van der Waals surface area contributed by atoms with E-state index in [0.29, 0.717) is 48.3 Å². The Labute approximate surface area is 203 Å². The number of aliphatic imine (C=N–C) groups is 1. The highest BCUT2D eigenvalue weighted by Crippen LogP contribution is 2.27. The molecule has 2 N–H and O–H groups in total. The first kappa shape index (κ1) is 23.3. The first-order chi connectivity index (χ1) is 16.7. The quantitative estimate of drug-likeness (QED) is 0.607. The van der Waals surface area contributed by atoms with Gasteiger partial charge in [0.05, 0.1) is 17.8 Å². The highest BCUT2D eigenvalue weighted by molar-refractivity contribution is 6.03. The van der Waals surface area contributed by atoms with Crippen molar-refractivity contribution in [2.75, 3.05) is 24.6 Å². The minimum atomic E-state index is -0.501. The van der Waals surface area contributed by atoms with Gasteiger partial charge in [0.15, 0.2) is 11.2 Å². The standard InChI is InChI=1S/C25H33N7O3/c1-5-31-20-21(27-23(31)30-12-8-9-16(26)13-30)29(4)24(34)32(22(20)33)14-18-17-10-6-7-11-19(17)35-15-25(2,3)28-18/h6-7,10-11,16H,5,8-9,12-15,26H2,1-4H3. The van der Waals surface area contributed by atoms with Crippen molar-refractivity contribution < 1.29 is 4.74 Å². The second kappa shape index (κ2) is 8.67. The summed E-state index contributed by atoms with van der Waals surface area (Å²) < 4.78 is 10.6. The number of imidazole rings is 1. The number of nitrogens with zero attached hydrogens (tertiary/aromatic N) is 6. The van der Waals surface area contributed by atoms with Crippen LogP contribution in [-0.2, 0) is 20.1 Å². The normalized spacial score (nSPS) is 19.7. The Hall–Kier alpha value is -3.40. The van der Waals surface area contributed by atoms with Gasteiger partial charge in [0.25, 0.3) is 5.56 Å². The van der Waals surface area contributed by atoms with Crippen molar-refractivity contribution >= 4 is 22.8 Å². The van der Waals surface area contributed by atoms with E-state index < -0.39 is 11.2 Å². The molecule has 10 heteroatoms. The predicted molar refractivity (Wildman–Crippen MR) is 137 cm³/mol. The van der Waals surface area contributed by atoms with Crippen LogP contribution in [0.4, 0.5) is 5.95 Å². The van der Waals surface area contributed by atoms with E-state index in [4.69, 9.17) is 20.4 Å². The zero-order valence-corrected chi connectivity index (χ0v) is 20.8. The third-order valence-corrected chi connectivity index (χ3v) is 6.79. The maximum atomic E-state index is 13.8. The second-order valence-electron chi connectivity index (χ2n) is 10.1. The molecule has 0 amide bonds. The Morgan fingerprint density at radius 1 is 1.20 bits per heavy atom. The number of aryl methyl sites for hydroxylation is 2. The molecule has 1 atom stereocenters. The fraction of sp³-hybridized carbons (Fsp3) is 0.520. The number of rotatable bonds is 4. The van der Waals surface area contributed by atoms with E-state index in [1.807, 2.05) is 49.6 Å². The van der Waals surface area contributed by atoms with Crippen molar-refractivity contribution in [3.8, 4) is 5.75 Å². The molecule has 2 aliphatic rings. The van der Waals surface area contributed by atoms with Crippen LogP contribution in [0, 0.1) is 0 Å². The summed E-state index contributed by atoms with van der Waals surface area (Å²) in [4.78, 5) is 39.0. The first-order valence-electron chi connectivity index (χ1n) is 12.2. The Kier molecular flexibility index (Phi) is 5.79. The van der Waals surface area contributed by atoms with Crippen molar-refractivity contribution in [1.82, 2.24) is 18.7 Å². The fourth-order valence-electron chi connectivity index (χ4n) is 5.05. The van der Waals surface area contributed by atoms with E-state index in [2.05, 4.69) is 4.90 Å². The molecule has 1 aromatic carbocycles. The number of piperidine rings is 1. The van der Waals surface area contributed by atoms with Gasteiger partial charge in [-0.25, -0.2) is 4.79 Å². The summed E-state index contributed by atoms with van der Waals surface area (Å²) in [6.07, 6.45) is 1.94. The number of benzene rings is 1. The van der Waals surface area contributed by atoms with Crippen LogP contribution in [0.25, 0.3) is 11.2 Å². The van der Waals surface area contributed by atoms with E-state index in [-0.39, 0.29) is 18.1 Å². The monoisotopic (exact) mass is 479 g/mol. The number of hydrogen-bond donors (Lipinski definition) is 1. The minimum Gasteiger partial charge on any atom is -0.490 e. The summed E-state index contributed by atoms with van der Waals surface area (Å²) in [7, 11) is 1.66. The number of nitrogens with two attached hydrogens (primary N) is 1. The Bertz CT molecular complexity index is 1430. The smallest absolute Gasteiger partial charge is 0.332 e. The van der Waals surface area contributed by atoms with Gasteiger partial charge in [-0.15, -0.1) is 0 Å². The van der Waals surface area contributed by atoms with Gasteiger partial charge in [-0.1, -0.05) is 12.1 Å². The number of aromatic nitrogens is 4. The van der Waals surface area contributed by atoms with E-state index in [1.165, 1.54) is 9.13 Å². The lowest BCUT2D eigenvalue weighted by Crippen LogP contribution is -2.44. The molecule has 5 rings (SSSR count). The van der Waals surface area contributed by atoms with Crippen LogP contribution in [0.3, 0.4) is 0 Å². The van der Waals surface area contributed by atoms with Crippen LogP contribution in [0.15, 0.2) is 38.8 Å². The van der Waals surface area contributed by atoms with Gasteiger partial charge in [-0.05, 0) is 45.7 Å². The number of anilines is 1. The van der Waals surface area contributed by atoms with Crippen LogP contribution >= 0.6 is 0 Å². The van der Waals surface area contributed by atoms with Gasteiger partial charge in [-0.2, -0.15) is 4.98 Å². The van der Waals surface area contributed by atoms with E-state index in [9.17, 15) is 9.59 Å². The molecule has 0 bridgehead atoms. The first-order valence-corrected chi connectivity index (χ1v) is 12.2. The van der Waals surface area contributed by atoms with Crippen LogP contribution in [0.2, 0.25) is 0 Å². The lowest BCUT2D eigenvalue weighted by atomic mass is 10.1. The molecule has 10 nitrogen and oxygen atoms in total. The van der Waals surface area contributed by atoms with Crippen LogP contribution in [-0.4, -0.2) is 55.7 Å². The van der Waals surface area contributed by atoms with E-state index in [0.717, 1.165) is 24.9 Å². The fourth-order valence-corrected chi connectivity index (χ4v) is 5.05. The van der Waals surface area contributed by atoms with Gasteiger partial charge in [0.1, 0.15) is 12.4 Å². The third kappa shape index (κ3) is 4.05. The molecule has 0 saturated carbocycles. The Balaban J connectivity index is 1.68. The zero-order chi connectivity index (χ0) is 24.9. The number of ether oxygens (including phenoxy) is 1. The summed E-state index contributed by atoms with van der Waals surface area (Å²) in [6, 6.07) is 7.67. The molecule has 1 unspecified atom stereocenters. The van der Waals surface area contributed by atoms with Crippen molar-refractivity contribution in [3.05, 3.63) is 50.7 Å². The van der Waals surface area contributed by atoms with Crippen molar-refractivity contribution in [2.24, 2.45) is 17.8 Å². The minimum absolute atomic E-state index is 0.0457. The van der Waals surface area contributed by atoms with Gasteiger partial charge in [0.2, 0.25) is 5.95 Å². The molecule has 1 fully saturated rings. The van der Waals surface area contributed by atoms with Crippen LogP contribution in [0.5, 0.6) is 5.75 Å². The molecule has 3 aromatic rings. The second-order valence-corrected chi connectivity index (χ2v) is 10.1. The predicted octanol–water partition coefficient (Wildman–Crippen LogP) is 1.50. The molecule has 2 aliphatic heterocycles. The van der Waals surface area contributed by atoms with Gasteiger partial charge in [0, 0.05) is 38.3 Å². The summed E-state index contributed by atoms with van der Waals surface area (Å²) in [5, 5.41) is 0. The number of hydrogen-bond acceptors (Lipinski definition) is 7. The Morgan fingerprint density at radius 2 is 1.97 bits per heavy atom. The third-order valence-electron chi connectivity index (χ3n) is 6.79. The largest absolute Gasteiger partial charge is 0.490 e. The van der Waals surface area contributed by atoms with Crippen molar-refractivity contribution in [2.45, 2.75) is 58.3 Å². The lowest BCUT2D eigenvalue weighted by Gasteiger charge is -2.31.